The average molecular weight is 485 g/mol. The third-order valence-electron chi connectivity index (χ3n) is 5.58. The second kappa shape index (κ2) is 11.0. The Bertz CT molecular complexity index is 1070. The topological polar surface area (TPSA) is 121 Å². The van der Waals surface area contributed by atoms with Crippen molar-refractivity contribution in [2.75, 3.05) is 44.7 Å². The van der Waals surface area contributed by atoms with Gasteiger partial charge in [0.15, 0.2) is 11.3 Å². The highest BCUT2D eigenvalue weighted by molar-refractivity contribution is 7.14. The van der Waals surface area contributed by atoms with Crippen molar-refractivity contribution in [1.29, 1.82) is 5.26 Å². The van der Waals surface area contributed by atoms with E-state index in [0.717, 1.165) is 26.2 Å². The van der Waals surface area contributed by atoms with E-state index in [0.29, 0.717) is 44.1 Å². The van der Waals surface area contributed by atoms with Gasteiger partial charge in [0, 0.05) is 56.3 Å². The molecule has 0 radical (unpaired) electrons. The molecule has 0 unspecified atom stereocenters. The number of imide groups is 1. The van der Waals surface area contributed by atoms with Gasteiger partial charge < -0.3 is 14.9 Å². The van der Waals surface area contributed by atoms with Gasteiger partial charge in [-0.1, -0.05) is 26.0 Å². The smallest absolute Gasteiger partial charge is 0.407 e. The molecule has 0 aliphatic carbocycles. The number of hydrogen-bond acceptors (Lipinski definition) is 7. The highest BCUT2D eigenvalue weighted by atomic mass is 32.1. The van der Waals surface area contributed by atoms with Crippen LogP contribution in [-0.4, -0.2) is 82.6 Å². The van der Waals surface area contributed by atoms with Crippen LogP contribution in [0, 0.1) is 17.4 Å². The molecule has 1 aromatic heterocycles. The molecule has 180 valence electrons. The fraction of sp³-hybridized carbons (Fsp3) is 0.435. The van der Waals surface area contributed by atoms with Gasteiger partial charge in [0.1, 0.15) is 0 Å². The molecule has 4 amide bonds. The molecule has 1 fully saturated rings. The molecule has 0 atom stereocenters. The van der Waals surface area contributed by atoms with Gasteiger partial charge in [-0.3, -0.25) is 9.69 Å². The minimum absolute atomic E-state index is 0.230. The highest BCUT2D eigenvalue weighted by Gasteiger charge is 2.26. The van der Waals surface area contributed by atoms with Crippen LogP contribution in [0.25, 0.3) is 11.3 Å². The van der Waals surface area contributed by atoms with Gasteiger partial charge in [-0.05, 0) is 24.5 Å². The van der Waals surface area contributed by atoms with Crippen molar-refractivity contribution in [2.24, 2.45) is 5.92 Å². The van der Waals surface area contributed by atoms with E-state index in [1.54, 1.807) is 30.5 Å². The molecule has 0 saturated carbocycles. The molecule has 3 rings (SSSR count). The second-order valence-corrected chi connectivity index (χ2v) is 9.27. The van der Waals surface area contributed by atoms with Crippen molar-refractivity contribution in [2.45, 2.75) is 20.3 Å². The number of rotatable bonds is 6. The van der Waals surface area contributed by atoms with Crippen LogP contribution in [0.2, 0.25) is 0 Å². The quantitative estimate of drug-likeness (QED) is 0.491. The third kappa shape index (κ3) is 5.82. The van der Waals surface area contributed by atoms with Crippen LogP contribution in [-0.2, 0) is 0 Å². The summed E-state index contributed by atoms with van der Waals surface area (Å²) < 4.78 is 0. The molecule has 1 aliphatic rings. The first-order valence-electron chi connectivity index (χ1n) is 11.0. The summed E-state index contributed by atoms with van der Waals surface area (Å²) in [6.45, 7) is 6.29. The number of benzene rings is 1. The summed E-state index contributed by atoms with van der Waals surface area (Å²) in [4.78, 5) is 46.8. The standard InChI is InChI=1S/C23H28N6O4S/c1-16(2)8-9-29(22(31)26(3)15-24)20(30)18-6-4-17(5-7-18)19-14-34-21(25-19)27-10-12-28(13-11-27)23(32)33/h4-7,14,16H,8-13H2,1-3H3,(H,32,33). The van der Waals surface area contributed by atoms with Crippen LogP contribution in [0.1, 0.15) is 30.6 Å². The zero-order valence-corrected chi connectivity index (χ0v) is 20.3. The predicted molar refractivity (Wildman–Crippen MR) is 129 cm³/mol. The number of carbonyl (C=O) groups excluding carboxylic acids is 2. The molecule has 2 aromatic rings. The van der Waals surface area contributed by atoms with Crippen molar-refractivity contribution in [3.8, 4) is 17.5 Å². The molecule has 2 heterocycles. The maximum Gasteiger partial charge on any atom is 0.407 e. The first-order chi connectivity index (χ1) is 16.2. The summed E-state index contributed by atoms with van der Waals surface area (Å²) in [6, 6.07) is 6.24. The lowest BCUT2D eigenvalue weighted by Gasteiger charge is -2.32. The maximum absolute atomic E-state index is 13.1. The van der Waals surface area contributed by atoms with Gasteiger partial charge in [0.2, 0.25) is 0 Å². The summed E-state index contributed by atoms with van der Waals surface area (Å²) in [6.07, 6.45) is 1.49. The number of amides is 4. The summed E-state index contributed by atoms with van der Waals surface area (Å²) in [5.74, 6) is -0.154. The minimum Gasteiger partial charge on any atom is -0.465 e. The van der Waals surface area contributed by atoms with Crippen molar-refractivity contribution in [3.05, 3.63) is 35.2 Å². The van der Waals surface area contributed by atoms with E-state index in [4.69, 9.17) is 10.4 Å². The summed E-state index contributed by atoms with van der Waals surface area (Å²) in [5, 5.41) is 20.9. The number of aromatic nitrogens is 1. The van der Waals surface area contributed by atoms with Gasteiger partial charge in [-0.25, -0.2) is 19.5 Å². The summed E-state index contributed by atoms with van der Waals surface area (Å²) >= 11 is 1.49. The number of nitrogens with zero attached hydrogens (tertiary/aromatic N) is 6. The molecule has 1 aliphatic heterocycles. The number of carboxylic acid groups (broad SMARTS) is 1. The molecule has 0 spiro atoms. The van der Waals surface area contributed by atoms with Gasteiger partial charge in [-0.2, -0.15) is 5.26 Å². The van der Waals surface area contributed by atoms with Crippen LogP contribution < -0.4 is 4.90 Å². The molecule has 0 bridgehead atoms. The SMILES string of the molecule is CC(C)CCN(C(=O)c1ccc(-c2csc(N3CCN(C(=O)O)CC3)n2)cc1)C(=O)N(C)C#N. The Hall–Kier alpha value is -3.65. The number of thiazole rings is 1. The van der Waals surface area contributed by atoms with Gasteiger partial charge >= 0.3 is 12.1 Å². The highest BCUT2D eigenvalue weighted by Crippen LogP contribution is 2.28. The van der Waals surface area contributed by atoms with Gasteiger partial charge in [0.05, 0.1) is 5.69 Å². The maximum atomic E-state index is 13.1. The van der Waals surface area contributed by atoms with Crippen LogP contribution in [0.15, 0.2) is 29.6 Å². The first kappa shape index (κ1) is 25.0. The summed E-state index contributed by atoms with van der Waals surface area (Å²) in [7, 11) is 1.34. The average Bonchev–Trinajstić information content (AvgIpc) is 3.33. The molecule has 11 heteroatoms. The van der Waals surface area contributed by atoms with E-state index in [2.05, 4.69) is 9.88 Å². The van der Waals surface area contributed by atoms with Crippen LogP contribution in [0.4, 0.5) is 14.7 Å². The molecule has 1 aromatic carbocycles. The Kier molecular flexibility index (Phi) is 8.07. The van der Waals surface area contributed by atoms with Crippen molar-refractivity contribution >= 4 is 34.5 Å². The number of carbonyl (C=O) groups is 3. The van der Waals surface area contributed by atoms with Crippen molar-refractivity contribution < 1.29 is 19.5 Å². The lowest BCUT2D eigenvalue weighted by Crippen LogP contribution is -2.48. The number of anilines is 1. The molecule has 1 saturated heterocycles. The Labute approximate surface area is 202 Å². The number of nitriles is 1. The number of urea groups is 1. The fourth-order valence-electron chi connectivity index (χ4n) is 3.47. The second-order valence-electron chi connectivity index (χ2n) is 8.43. The lowest BCUT2D eigenvalue weighted by molar-refractivity contribution is 0.0776. The van der Waals surface area contributed by atoms with E-state index < -0.39 is 18.0 Å². The minimum atomic E-state index is -0.905. The van der Waals surface area contributed by atoms with E-state index in [1.165, 1.54) is 23.3 Å². The first-order valence-corrected chi connectivity index (χ1v) is 11.9. The van der Waals surface area contributed by atoms with E-state index in [1.807, 2.05) is 19.2 Å². The summed E-state index contributed by atoms with van der Waals surface area (Å²) in [5.41, 5.74) is 1.95. The Morgan fingerprint density at radius 1 is 1.18 bits per heavy atom. The zero-order valence-electron chi connectivity index (χ0n) is 19.5. The van der Waals surface area contributed by atoms with Crippen LogP contribution in [0.5, 0.6) is 0 Å². The van der Waals surface area contributed by atoms with Gasteiger partial charge in [0.25, 0.3) is 5.91 Å². The predicted octanol–water partition coefficient (Wildman–Crippen LogP) is 3.63. The van der Waals surface area contributed by atoms with E-state index in [-0.39, 0.29) is 6.54 Å². The Balaban J connectivity index is 1.71. The lowest BCUT2D eigenvalue weighted by atomic mass is 10.1. The van der Waals surface area contributed by atoms with Crippen molar-refractivity contribution in [3.63, 3.8) is 0 Å². The Morgan fingerprint density at radius 2 is 1.82 bits per heavy atom. The molecule has 34 heavy (non-hydrogen) atoms. The molecular weight excluding hydrogens is 456 g/mol. The molecular formula is C23H28N6O4S. The molecule has 1 N–H and O–H groups in total. The fourth-order valence-corrected chi connectivity index (χ4v) is 4.35. The van der Waals surface area contributed by atoms with E-state index >= 15 is 0 Å². The normalized spacial score (nSPS) is 13.5. The zero-order chi connectivity index (χ0) is 24.8. The Morgan fingerprint density at radius 3 is 2.38 bits per heavy atom. The monoisotopic (exact) mass is 484 g/mol. The number of hydrogen-bond donors (Lipinski definition) is 1. The number of piperazine rings is 1. The van der Waals surface area contributed by atoms with Crippen LogP contribution >= 0.6 is 11.3 Å². The molecule has 10 nitrogen and oxygen atoms in total. The third-order valence-corrected chi connectivity index (χ3v) is 6.48. The van der Waals surface area contributed by atoms with Crippen molar-refractivity contribution in [1.82, 2.24) is 19.7 Å². The van der Waals surface area contributed by atoms with Gasteiger partial charge in [-0.15, -0.1) is 11.3 Å². The largest absolute Gasteiger partial charge is 0.465 e. The van der Waals surface area contributed by atoms with E-state index in [9.17, 15) is 14.4 Å². The van der Waals surface area contributed by atoms with Crippen LogP contribution in [0.3, 0.4) is 0 Å².